The Bertz CT molecular complexity index is 1700. The first-order valence-electron chi connectivity index (χ1n) is 11.2. The van der Waals surface area contributed by atoms with Crippen LogP contribution in [0.2, 0.25) is 10.3 Å². The minimum Gasteiger partial charge on any atom is -0.389 e. The first kappa shape index (κ1) is 27.6. The second kappa shape index (κ2) is 10.9. The number of aliphatic hydroxyl groups is 1. The van der Waals surface area contributed by atoms with Gasteiger partial charge < -0.3 is 5.11 Å². The van der Waals surface area contributed by atoms with E-state index in [4.69, 9.17) is 23.2 Å². The molecule has 1 aliphatic heterocycles. The number of fused-ring (bicyclic) bond motifs is 3. The zero-order valence-corrected chi connectivity index (χ0v) is 26.0. The van der Waals surface area contributed by atoms with E-state index in [9.17, 15) is 14.7 Å². The molecule has 194 valence electrons. The van der Waals surface area contributed by atoms with Crippen LogP contribution in [0, 0.1) is 0 Å². The van der Waals surface area contributed by atoms with Crippen LogP contribution in [0.25, 0.3) is 20.4 Å². The normalized spacial score (nSPS) is 14.6. The highest BCUT2D eigenvalue weighted by Crippen LogP contribution is 2.37. The van der Waals surface area contributed by atoms with Crippen molar-refractivity contribution in [3.05, 3.63) is 88.7 Å². The summed E-state index contributed by atoms with van der Waals surface area (Å²) in [4.78, 5) is 36.8. The number of amides is 2. The van der Waals surface area contributed by atoms with Gasteiger partial charge in [0.25, 0.3) is 11.8 Å². The first-order chi connectivity index (χ1) is 18.0. The third-order valence-electron chi connectivity index (χ3n) is 6.03. The van der Waals surface area contributed by atoms with Crippen LogP contribution in [-0.4, -0.2) is 31.8 Å². The van der Waals surface area contributed by atoms with Crippen LogP contribution in [0.3, 0.4) is 0 Å². The molecule has 2 unspecified atom stereocenters. The van der Waals surface area contributed by atoms with Crippen molar-refractivity contribution in [1.29, 1.82) is 0 Å². The van der Waals surface area contributed by atoms with Crippen LogP contribution in [0.5, 0.6) is 0 Å². The van der Waals surface area contributed by atoms with Gasteiger partial charge in [0.2, 0.25) is 0 Å². The molecule has 2 amide bonds. The van der Waals surface area contributed by atoms with Crippen LogP contribution in [0.4, 0.5) is 0 Å². The average Bonchev–Trinajstić information content (AvgIpc) is 3.49. The highest BCUT2D eigenvalue weighted by Gasteiger charge is 2.39. The van der Waals surface area contributed by atoms with Crippen molar-refractivity contribution < 1.29 is 14.7 Å². The number of halogens is 4. The van der Waals surface area contributed by atoms with E-state index in [2.05, 4.69) is 41.8 Å². The van der Waals surface area contributed by atoms with Gasteiger partial charge in [-0.05, 0) is 82.1 Å². The predicted molar refractivity (Wildman–Crippen MR) is 161 cm³/mol. The van der Waals surface area contributed by atoms with Crippen LogP contribution in [0.15, 0.2) is 56.1 Å². The van der Waals surface area contributed by atoms with E-state index in [1.54, 1.807) is 38.1 Å². The van der Waals surface area contributed by atoms with Gasteiger partial charge in [0, 0.05) is 21.9 Å². The van der Waals surface area contributed by atoms with Crippen molar-refractivity contribution in [3.8, 4) is 0 Å². The molecule has 0 aliphatic carbocycles. The fourth-order valence-electron chi connectivity index (χ4n) is 4.16. The van der Waals surface area contributed by atoms with Gasteiger partial charge in [-0.15, -0.1) is 22.7 Å². The number of aromatic nitrogens is 2. The van der Waals surface area contributed by atoms with E-state index in [0.717, 1.165) is 28.0 Å². The second-order valence-electron chi connectivity index (χ2n) is 8.50. The van der Waals surface area contributed by atoms with Gasteiger partial charge in [-0.25, -0.2) is 9.97 Å². The highest BCUT2D eigenvalue weighted by atomic mass is 79.9. The Hall–Kier alpha value is -1.92. The number of nitrogens with zero attached hydrogens (tertiary/aromatic N) is 3. The van der Waals surface area contributed by atoms with E-state index >= 15 is 0 Å². The summed E-state index contributed by atoms with van der Waals surface area (Å²) in [6.07, 6.45) is -0.585. The Morgan fingerprint density at radius 2 is 1.26 bits per heavy atom. The Balaban J connectivity index is 0.000000179. The number of rotatable bonds is 3. The number of carbonyl (C=O) groups excluding carboxylic acids is 2. The highest BCUT2D eigenvalue weighted by molar-refractivity contribution is 9.11. The van der Waals surface area contributed by atoms with Crippen LogP contribution in [-0.2, 0) is 0 Å². The molecule has 5 aromatic rings. The Morgan fingerprint density at radius 3 is 1.74 bits per heavy atom. The number of hydrogen-bond donors (Lipinski definition) is 1. The molecule has 0 radical (unpaired) electrons. The lowest BCUT2D eigenvalue weighted by Gasteiger charge is -2.23. The molecular formula is C26H17Br2Cl2N3O3S2. The van der Waals surface area contributed by atoms with E-state index in [0.29, 0.717) is 32.6 Å². The fraction of sp³-hybridized carbons (Fsp3) is 0.154. The fourth-order valence-corrected chi connectivity index (χ4v) is 7.75. The summed E-state index contributed by atoms with van der Waals surface area (Å²) in [5, 5.41) is 12.0. The van der Waals surface area contributed by atoms with Crippen molar-refractivity contribution in [1.82, 2.24) is 14.9 Å². The molecule has 6 nitrogen and oxygen atoms in total. The van der Waals surface area contributed by atoms with Gasteiger partial charge in [0.1, 0.15) is 20.0 Å². The molecule has 0 saturated heterocycles. The van der Waals surface area contributed by atoms with Crippen molar-refractivity contribution >= 4 is 110 Å². The SMILES string of the molecule is CC(O)c1cc2cc(Br)sc2nc1Cl.CC(c1cc2cc(Br)sc2nc1Cl)N1C(=O)c2ccccc2C1=O. The molecule has 0 spiro atoms. The maximum absolute atomic E-state index is 12.6. The molecule has 1 aromatic carbocycles. The van der Waals surface area contributed by atoms with Crippen LogP contribution >= 0.6 is 77.7 Å². The lowest BCUT2D eigenvalue weighted by molar-refractivity contribution is 0.0595. The lowest BCUT2D eigenvalue weighted by Crippen LogP contribution is -2.32. The van der Waals surface area contributed by atoms with Gasteiger partial charge in [-0.2, -0.15) is 0 Å². The number of hydrogen-bond acceptors (Lipinski definition) is 7. The summed E-state index contributed by atoms with van der Waals surface area (Å²) in [5.41, 5.74) is 2.18. The summed E-state index contributed by atoms with van der Waals surface area (Å²) >= 11 is 22.1. The summed E-state index contributed by atoms with van der Waals surface area (Å²) in [6.45, 7) is 3.47. The topological polar surface area (TPSA) is 83.4 Å². The molecule has 2 atom stereocenters. The molecule has 0 fully saturated rings. The number of imide groups is 1. The standard InChI is InChI=1S/C17H10BrClN2O2S.C9H7BrClNOS/c1-8(12-6-9-7-13(18)24-15(9)20-14(12)19)21-16(22)10-4-2-3-5-11(10)17(21)23;1-4(13)6-2-5-3-7(10)14-9(5)12-8(6)11/h2-8H,1H3;2-4,13H,1H3. The Labute approximate surface area is 252 Å². The monoisotopic (exact) mass is 711 g/mol. The van der Waals surface area contributed by atoms with Crippen molar-refractivity contribution in [2.24, 2.45) is 0 Å². The predicted octanol–water partition coefficient (Wildman–Crippen LogP) is 8.83. The quantitative estimate of drug-likeness (QED) is 0.149. The van der Waals surface area contributed by atoms with E-state index in [-0.39, 0.29) is 11.8 Å². The third-order valence-corrected chi connectivity index (χ3v) is 9.73. The summed E-state index contributed by atoms with van der Waals surface area (Å²) in [7, 11) is 0. The molecule has 6 rings (SSSR count). The zero-order valence-electron chi connectivity index (χ0n) is 19.7. The molecule has 1 N–H and O–H groups in total. The largest absolute Gasteiger partial charge is 0.389 e. The summed E-state index contributed by atoms with van der Waals surface area (Å²) < 4.78 is 1.96. The summed E-state index contributed by atoms with van der Waals surface area (Å²) in [6, 6.07) is 14.0. The van der Waals surface area contributed by atoms with E-state index in [1.165, 1.54) is 27.6 Å². The molecule has 0 bridgehead atoms. The molecule has 0 saturated carbocycles. The molecular weight excluding hydrogens is 697 g/mol. The molecule has 4 aromatic heterocycles. The van der Waals surface area contributed by atoms with Crippen LogP contribution in [0.1, 0.15) is 57.8 Å². The molecule has 12 heteroatoms. The van der Waals surface area contributed by atoms with Gasteiger partial charge >= 0.3 is 0 Å². The van der Waals surface area contributed by atoms with E-state index in [1.807, 2.05) is 24.3 Å². The second-order valence-corrected chi connectivity index (χ2v) is 14.0. The lowest BCUT2D eigenvalue weighted by atomic mass is 10.1. The number of carbonyl (C=O) groups is 2. The van der Waals surface area contributed by atoms with Crippen molar-refractivity contribution in [2.45, 2.75) is 26.0 Å². The van der Waals surface area contributed by atoms with Crippen molar-refractivity contribution in [2.75, 3.05) is 0 Å². The van der Waals surface area contributed by atoms with Gasteiger partial charge in [0.05, 0.1) is 30.8 Å². The third kappa shape index (κ3) is 5.15. The number of thiophene rings is 2. The average molecular weight is 714 g/mol. The minimum absolute atomic E-state index is 0.300. The zero-order chi connectivity index (χ0) is 27.3. The molecule has 1 aliphatic rings. The first-order valence-corrected chi connectivity index (χ1v) is 15.2. The summed E-state index contributed by atoms with van der Waals surface area (Å²) in [5.74, 6) is -0.600. The maximum Gasteiger partial charge on any atom is 0.262 e. The Kier molecular flexibility index (Phi) is 7.94. The van der Waals surface area contributed by atoms with Gasteiger partial charge in [-0.1, -0.05) is 35.3 Å². The molecule has 5 heterocycles. The van der Waals surface area contributed by atoms with Gasteiger partial charge in [0.15, 0.2) is 0 Å². The van der Waals surface area contributed by atoms with Crippen molar-refractivity contribution in [3.63, 3.8) is 0 Å². The van der Waals surface area contributed by atoms with Crippen LogP contribution < -0.4 is 0 Å². The smallest absolute Gasteiger partial charge is 0.262 e. The minimum atomic E-state index is -0.585. The van der Waals surface area contributed by atoms with Gasteiger partial charge in [-0.3, -0.25) is 14.5 Å². The molecule has 38 heavy (non-hydrogen) atoms. The number of pyridine rings is 2. The maximum atomic E-state index is 12.6. The van der Waals surface area contributed by atoms with E-state index < -0.39 is 12.1 Å². The Morgan fingerprint density at radius 1 is 0.816 bits per heavy atom. The number of aliphatic hydroxyl groups excluding tert-OH is 1. The number of benzene rings is 1.